The highest BCUT2D eigenvalue weighted by Crippen LogP contribution is 2.13. The van der Waals surface area contributed by atoms with Gasteiger partial charge in [-0.3, -0.25) is 4.79 Å². The first-order valence-corrected chi connectivity index (χ1v) is 7.92. The molecule has 25 heavy (non-hydrogen) atoms. The van der Waals surface area contributed by atoms with Crippen LogP contribution in [0.4, 0.5) is 4.39 Å². The van der Waals surface area contributed by atoms with E-state index in [1.54, 1.807) is 24.3 Å². The average Bonchev–Trinajstić information content (AvgIpc) is 2.61. The number of benzene rings is 2. The Labute approximate surface area is 149 Å². The summed E-state index contributed by atoms with van der Waals surface area (Å²) >= 11 is 5.78. The van der Waals surface area contributed by atoms with E-state index in [0.29, 0.717) is 17.3 Å². The Morgan fingerprint density at radius 1 is 1.12 bits per heavy atom. The average molecular weight is 366 g/mol. The molecule has 0 spiro atoms. The maximum absolute atomic E-state index is 12.8. The minimum absolute atomic E-state index is 0.301. The first kappa shape index (κ1) is 18.7. The largest absolute Gasteiger partial charge is 0.479 e. The molecule has 0 aromatic heterocycles. The molecule has 1 atom stereocenters. The van der Waals surface area contributed by atoms with Crippen LogP contribution in [0.2, 0.25) is 5.02 Å². The Morgan fingerprint density at radius 2 is 1.76 bits per heavy atom. The summed E-state index contributed by atoms with van der Waals surface area (Å²) in [5.41, 5.74) is 0.872. The maximum Gasteiger partial charge on any atom is 0.347 e. The van der Waals surface area contributed by atoms with Gasteiger partial charge in [0.25, 0.3) is 5.91 Å². The van der Waals surface area contributed by atoms with E-state index >= 15 is 0 Å². The van der Waals surface area contributed by atoms with Crippen molar-refractivity contribution >= 4 is 23.5 Å². The molecule has 0 heterocycles. The number of esters is 1. The Morgan fingerprint density at radius 3 is 2.40 bits per heavy atom. The highest BCUT2D eigenvalue weighted by Gasteiger charge is 2.17. The van der Waals surface area contributed by atoms with Gasteiger partial charge in [0, 0.05) is 11.6 Å². The summed E-state index contributed by atoms with van der Waals surface area (Å²) in [6.07, 6.45) is -0.922. The Balaban J connectivity index is 1.71. The third-order valence-electron chi connectivity index (χ3n) is 3.21. The van der Waals surface area contributed by atoms with Gasteiger partial charge in [0.2, 0.25) is 0 Å². The zero-order chi connectivity index (χ0) is 18.2. The maximum atomic E-state index is 12.8. The molecule has 0 unspecified atom stereocenters. The molecule has 0 aliphatic rings. The first-order valence-electron chi connectivity index (χ1n) is 7.54. The van der Waals surface area contributed by atoms with E-state index in [9.17, 15) is 14.0 Å². The van der Waals surface area contributed by atoms with Crippen LogP contribution in [0.25, 0.3) is 0 Å². The van der Waals surface area contributed by atoms with Crippen molar-refractivity contribution in [1.82, 2.24) is 5.32 Å². The molecular formula is C18H17ClFNO4. The van der Waals surface area contributed by atoms with Crippen LogP contribution in [0.3, 0.4) is 0 Å². The summed E-state index contributed by atoms with van der Waals surface area (Å²) < 4.78 is 23.0. The highest BCUT2D eigenvalue weighted by atomic mass is 35.5. The Kier molecular flexibility index (Phi) is 6.77. The van der Waals surface area contributed by atoms with Crippen LogP contribution < -0.4 is 10.1 Å². The van der Waals surface area contributed by atoms with Crippen LogP contribution in [-0.2, 0) is 20.9 Å². The lowest BCUT2D eigenvalue weighted by Gasteiger charge is -2.14. The fraction of sp³-hybridized carbons (Fsp3) is 0.222. The number of hydrogen-bond donors (Lipinski definition) is 1. The molecule has 132 valence electrons. The normalized spacial score (nSPS) is 11.5. The van der Waals surface area contributed by atoms with Crippen LogP contribution >= 0.6 is 11.6 Å². The van der Waals surface area contributed by atoms with Crippen LogP contribution in [0.15, 0.2) is 48.5 Å². The molecule has 1 N–H and O–H groups in total. The van der Waals surface area contributed by atoms with E-state index in [-0.39, 0.29) is 0 Å². The number of ether oxygens (including phenoxy) is 2. The second-order valence-electron chi connectivity index (χ2n) is 5.22. The molecule has 2 aromatic rings. The quantitative estimate of drug-likeness (QED) is 0.766. The summed E-state index contributed by atoms with van der Waals surface area (Å²) in [4.78, 5) is 23.5. The predicted octanol–water partition coefficient (Wildman–Crippen LogP) is 3.11. The Hall–Kier alpha value is -2.60. The second-order valence-corrected chi connectivity index (χ2v) is 5.66. The van der Waals surface area contributed by atoms with Crippen molar-refractivity contribution in [3.05, 3.63) is 64.9 Å². The molecule has 7 heteroatoms. The molecular weight excluding hydrogens is 349 g/mol. The summed E-state index contributed by atoms with van der Waals surface area (Å²) in [7, 11) is 0. The van der Waals surface area contributed by atoms with E-state index in [2.05, 4.69) is 5.32 Å². The topological polar surface area (TPSA) is 64.6 Å². The number of hydrogen-bond acceptors (Lipinski definition) is 4. The van der Waals surface area contributed by atoms with Gasteiger partial charge in [-0.15, -0.1) is 0 Å². The van der Waals surface area contributed by atoms with E-state index in [1.165, 1.54) is 31.2 Å². The van der Waals surface area contributed by atoms with Crippen molar-refractivity contribution in [2.75, 3.05) is 6.61 Å². The summed E-state index contributed by atoms with van der Waals surface area (Å²) in [6.45, 7) is 1.37. The van der Waals surface area contributed by atoms with Crippen LogP contribution in [0.5, 0.6) is 5.75 Å². The lowest BCUT2D eigenvalue weighted by atomic mass is 10.2. The lowest BCUT2D eigenvalue weighted by molar-refractivity contribution is -0.154. The van der Waals surface area contributed by atoms with Crippen molar-refractivity contribution in [1.29, 1.82) is 0 Å². The molecule has 0 saturated carbocycles. The SMILES string of the molecule is C[C@H](Oc1ccc(F)cc1)C(=O)OCC(=O)NCc1ccc(Cl)cc1. The third kappa shape index (κ3) is 6.43. The van der Waals surface area contributed by atoms with Gasteiger partial charge in [0.05, 0.1) is 0 Å². The first-order chi connectivity index (χ1) is 11.9. The van der Waals surface area contributed by atoms with Crippen LogP contribution in [0.1, 0.15) is 12.5 Å². The fourth-order valence-corrected chi connectivity index (χ4v) is 2.00. The summed E-state index contributed by atoms with van der Waals surface area (Å²) in [5, 5.41) is 3.24. The van der Waals surface area contributed by atoms with Crippen LogP contribution in [-0.4, -0.2) is 24.6 Å². The second kappa shape index (κ2) is 9.03. The van der Waals surface area contributed by atoms with Gasteiger partial charge in [-0.05, 0) is 48.9 Å². The summed E-state index contributed by atoms with van der Waals surface area (Å²) in [5.74, 6) is -1.19. The van der Waals surface area contributed by atoms with Crippen molar-refractivity contribution in [3.8, 4) is 5.75 Å². The number of amides is 1. The molecule has 0 bridgehead atoms. The minimum Gasteiger partial charge on any atom is -0.479 e. The molecule has 0 aliphatic heterocycles. The highest BCUT2D eigenvalue weighted by molar-refractivity contribution is 6.30. The van der Waals surface area contributed by atoms with Gasteiger partial charge in [-0.1, -0.05) is 23.7 Å². The Bertz CT molecular complexity index is 719. The van der Waals surface area contributed by atoms with Crippen molar-refractivity contribution in [2.45, 2.75) is 19.6 Å². The van der Waals surface area contributed by atoms with Crippen LogP contribution in [0, 0.1) is 5.82 Å². The molecule has 0 radical (unpaired) electrons. The number of carbonyl (C=O) groups is 2. The van der Waals surface area contributed by atoms with Gasteiger partial charge in [-0.25, -0.2) is 9.18 Å². The van der Waals surface area contributed by atoms with Crippen molar-refractivity contribution in [3.63, 3.8) is 0 Å². The smallest absolute Gasteiger partial charge is 0.347 e. The molecule has 2 aromatic carbocycles. The standard InChI is InChI=1S/C18H17ClFNO4/c1-12(25-16-8-6-15(20)7-9-16)18(23)24-11-17(22)21-10-13-2-4-14(19)5-3-13/h2-9,12H,10-11H2,1H3,(H,21,22)/t12-/m0/s1. The number of rotatable bonds is 7. The zero-order valence-electron chi connectivity index (χ0n) is 13.5. The van der Waals surface area contributed by atoms with Crippen molar-refractivity contribution < 1.29 is 23.5 Å². The third-order valence-corrected chi connectivity index (χ3v) is 3.46. The zero-order valence-corrected chi connectivity index (χ0v) is 14.3. The fourth-order valence-electron chi connectivity index (χ4n) is 1.87. The van der Waals surface area contributed by atoms with E-state index in [0.717, 1.165) is 5.56 Å². The molecule has 0 fully saturated rings. The van der Waals surface area contributed by atoms with Gasteiger partial charge in [0.1, 0.15) is 11.6 Å². The van der Waals surface area contributed by atoms with Gasteiger partial charge < -0.3 is 14.8 Å². The minimum atomic E-state index is -0.922. The lowest BCUT2D eigenvalue weighted by Crippen LogP contribution is -2.32. The molecule has 2 rings (SSSR count). The number of carbonyl (C=O) groups excluding carboxylic acids is 2. The predicted molar refractivity (Wildman–Crippen MR) is 90.7 cm³/mol. The van der Waals surface area contributed by atoms with Gasteiger partial charge in [0.15, 0.2) is 12.7 Å². The van der Waals surface area contributed by atoms with E-state index in [1.807, 2.05) is 0 Å². The van der Waals surface area contributed by atoms with E-state index < -0.39 is 30.4 Å². The summed E-state index contributed by atoms with van der Waals surface area (Å²) in [6, 6.07) is 12.3. The number of halogens is 2. The van der Waals surface area contributed by atoms with Gasteiger partial charge >= 0.3 is 5.97 Å². The molecule has 5 nitrogen and oxygen atoms in total. The molecule has 0 saturated heterocycles. The monoisotopic (exact) mass is 365 g/mol. The molecule has 0 aliphatic carbocycles. The van der Waals surface area contributed by atoms with Gasteiger partial charge in [-0.2, -0.15) is 0 Å². The molecule has 1 amide bonds. The van der Waals surface area contributed by atoms with Crippen molar-refractivity contribution in [2.24, 2.45) is 0 Å². The van der Waals surface area contributed by atoms with E-state index in [4.69, 9.17) is 21.1 Å². The number of nitrogens with one attached hydrogen (secondary N) is 1.